The van der Waals surface area contributed by atoms with E-state index in [4.69, 9.17) is 9.47 Å². The third-order valence-corrected chi connectivity index (χ3v) is 2.45. The van der Waals surface area contributed by atoms with Gasteiger partial charge in [-0.2, -0.15) is 0 Å². The molecule has 1 amide bonds. The summed E-state index contributed by atoms with van der Waals surface area (Å²) in [7, 11) is 0. The Hall–Kier alpha value is -1.49. The molecule has 0 saturated heterocycles. The highest BCUT2D eigenvalue weighted by atomic mass is 79.9. The van der Waals surface area contributed by atoms with Crippen LogP contribution in [0.15, 0.2) is 40.8 Å². The molecule has 1 aromatic carbocycles. The first-order valence-corrected chi connectivity index (χ1v) is 5.56. The van der Waals surface area contributed by atoms with Crippen molar-refractivity contribution in [2.24, 2.45) is 0 Å². The Morgan fingerprint density at radius 1 is 1.38 bits per heavy atom. The number of carbonyl (C=O) groups excluding carboxylic acids is 1. The number of anilines is 1. The molecule has 84 valence electrons. The largest absolute Gasteiger partial charge is 0.494 e. The number of benzene rings is 1. The van der Waals surface area contributed by atoms with Crippen molar-refractivity contribution in [3.63, 3.8) is 0 Å². The molecule has 16 heavy (non-hydrogen) atoms. The van der Waals surface area contributed by atoms with Crippen LogP contribution in [0.2, 0.25) is 0 Å². The van der Waals surface area contributed by atoms with Crippen molar-refractivity contribution in [1.82, 2.24) is 0 Å². The van der Waals surface area contributed by atoms with Gasteiger partial charge in [-0.25, -0.2) is 0 Å². The molecule has 1 aliphatic rings. The fourth-order valence-corrected chi connectivity index (χ4v) is 1.65. The summed E-state index contributed by atoms with van der Waals surface area (Å²) in [5.74, 6) is -0.107. The topological polar surface area (TPSA) is 47.6 Å². The van der Waals surface area contributed by atoms with E-state index in [1.807, 2.05) is 18.2 Å². The van der Waals surface area contributed by atoms with Crippen molar-refractivity contribution < 1.29 is 14.3 Å². The molecule has 1 aromatic rings. The van der Waals surface area contributed by atoms with E-state index in [0.29, 0.717) is 18.9 Å². The Bertz CT molecular complexity index is 431. The minimum absolute atomic E-state index is 0.200. The summed E-state index contributed by atoms with van der Waals surface area (Å²) in [6.45, 7) is 0.880. The second-order valence-corrected chi connectivity index (χ2v) is 4.08. The first-order chi connectivity index (χ1) is 7.75. The van der Waals surface area contributed by atoms with Crippen molar-refractivity contribution in [2.75, 3.05) is 18.5 Å². The molecule has 1 N–H and O–H groups in total. The molecule has 0 fully saturated rings. The normalized spacial score (nSPS) is 14.4. The number of hydrogen-bond acceptors (Lipinski definition) is 3. The summed E-state index contributed by atoms with van der Waals surface area (Å²) in [5.41, 5.74) is 0.703. The van der Waals surface area contributed by atoms with Gasteiger partial charge in [0, 0.05) is 10.2 Å². The van der Waals surface area contributed by atoms with Gasteiger partial charge in [0.15, 0.2) is 0 Å². The number of carbonyl (C=O) groups is 1. The van der Waals surface area contributed by atoms with E-state index in [1.165, 1.54) is 6.26 Å². The SMILES string of the molecule is O=C(Nc1cccc(Br)c1)C1=COCCO1. The molecule has 1 aliphatic heterocycles. The number of ether oxygens (including phenoxy) is 2. The fourth-order valence-electron chi connectivity index (χ4n) is 1.25. The molecular formula is C11H10BrNO3. The lowest BCUT2D eigenvalue weighted by atomic mass is 10.3. The smallest absolute Gasteiger partial charge is 0.294 e. The Kier molecular flexibility index (Phi) is 3.46. The van der Waals surface area contributed by atoms with Gasteiger partial charge in [-0.05, 0) is 18.2 Å². The number of rotatable bonds is 2. The molecule has 0 bridgehead atoms. The van der Waals surface area contributed by atoms with Crippen LogP contribution in [0.4, 0.5) is 5.69 Å². The second-order valence-electron chi connectivity index (χ2n) is 3.17. The van der Waals surface area contributed by atoms with Gasteiger partial charge in [0.05, 0.1) is 0 Å². The van der Waals surface area contributed by atoms with Gasteiger partial charge in [0.2, 0.25) is 5.76 Å². The highest BCUT2D eigenvalue weighted by Gasteiger charge is 2.14. The van der Waals surface area contributed by atoms with Crippen LogP contribution in [-0.2, 0) is 14.3 Å². The first kappa shape index (κ1) is 11.0. The molecule has 0 saturated carbocycles. The van der Waals surface area contributed by atoms with Crippen molar-refractivity contribution in [3.8, 4) is 0 Å². The van der Waals surface area contributed by atoms with Gasteiger partial charge in [0.1, 0.15) is 19.5 Å². The molecule has 0 aliphatic carbocycles. The third kappa shape index (κ3) is 2.76. The molecule has 0 unspecified atom stereocenters. The maximum atomic E-state index is 11.7. The van der Waals surface area contributed by atoms with Gasteiger partial charge in [-0.3, -0.25) is 4.79 Å². The average Bonchev–Trinajstić information content (AvgIpc) is 2.30. The third-order valence-electron chi connectivity index (χ3n) is 1.96. The van der Waals surface area contributed by atoms with Crippen molar-refractivity contribution in [1.29, 1.82) is 0 Å². The van der Waals surface area contributed by atoms with Gasteiger partial charge >= 0.3 is 0 Å². The Balaban J connectivity index is 2.04. The maximum Gasteiger partial charge on any atom is 0.294 e. The van der Waals surface area contributed by atoms with E-state index in [2.05, 4.69) is 21.2 Å². The van der Waals surface area contributed by atoms with Crippen LogP contribution in [0.5, 0.6) is 0 Å². The molecular weight excluding hydrogens is 274 g/mol. The summed E-state index contributed by atoms with van der Waals surface area (Å²) in [5, 5.41) is 2.71. The molecule has 1 heterocycles. The summed E-state index contributed by atoms with van der Waals surface area (Å²) in [6.07, 6.45) is 1.33. The highest BCUT2D eigenvalue weighted by Crippen LogP contribution is 2.16. The fraction of sp³-hybridized carbons (Fsp3) is 0.182. The number of halogens is 1. The lowest BCUT2D eigenvalue weighted by Crippen LogP contribution is -2.21. The monoisotopic (exact) mass is 283 g/mol. The number of hydrogen-bond donors (Lipinski definition) is 1. The molecule has 0 aromatic heterocycles. The number of nitrogens with one attached hydrogen (secondary N) is 1. The van der Waals surface area contributed by atoms with Crippen LogP contribution >= 0.6 is 15.9 Å². The van der Waals surface area contributed by atoms with Gasteiger partial charge in [-0.1, -0.05) is 22.0 Å². The zero-order chi connectivity index (χ0) is 11.4. The van der Waals surface area contributed by atoms with Crippen molar-refractivity contribution >= 4 is 27.5 Å². The van der Waals surface area contributed by atoms with E-state index in [1.54, 1.807) is 6.07 Å². The molecule has 0 radical (unpaired) electrons. The van der Waals surface area contributed by atoms with Crippen LogP contribution in [-0.4, -0.2) is 19.1 Å². The van der Waals surface area contributed by atoms with E-state index < -0.39 is 0 Å². The second kappa shape index (κ2) is 5.03. The maximum absolute atomic E-state index is 11.7. The van der Waals surface area contributed by atoms with Crippen LogP contribution in [0.1, 0.15) is 0 Å². The lowest BCUT2D eigenvalue weighted by molar-refractivity contribution is -0.117. The average molecular weight is 284 g/mol. The van der Waals surface area contributed by atoms with Crippen molar-refractivity contribution in [2.45, 2.75) is 0 Å². The van der Waals surface area contributed by atoms with Gasteiger partial charge in [-0.15, -0.1) is 0 Å². The Morgan fingerprint density at radius 3 is 2.94 bits per heavy atom. The predicted molar refractivity (Wildman–Crippen MR) is 62.8 cm³/mol. The first-order valence-electron chi connectivity index (χ1n) is 4.77. The molecule has 5 heteroatoms. The van der Waals surface area contributed by atoms with E-state index in [-0.39, 0.29) is 11.7 Å². The van der Waals surface area contributed by atoms with E-state index in [0.717, 1.165) is 4.47 Å². The quantitative estimate of drug-likeness (QED) is 0.906. The van der Waals surface area contributed by atoms with E-state index in [9.17, 15) is 4.79 Å². The Labute approximate surface area is 101 Å². The standard InChI is InChI=1S/C11H10BrNO3/c12-8-2-1-3-9(6-8)13-11(14)10-7-15-4-5-16-10/h1-3,6-7H,4-5H2,(H,13,14). The Morgan fingerprint density at radius 2 is 2.25 bits per heavy atom. The number of amides is 1. The minimum atomic E-state index is -0.308. The van der Waals surface area contributed by atoms with E-state index >= 15 is 0 Å². The highest BCUT2D eigenvalue weighted by molar-refractivity contribution is 9.10. The predicted octanol–water partition coefficient (Wildman–Crippen LogP) is 2.28. The molecule has 0 spiro atoms. The van der Waals surface area contributed by atoms with Crippen LogP contribution < -0.4 is 5.32 Å². The summed E-state index contributed by atoms with van der Waals surface area (Å²) < 4.78 is 11.1. The lowest BCUT2D eigenvalue weighted by Gasteiger charge is -2.15. The van der Waals surface area contributed by atoms with Crippen LogP contribution in [0, 0.1) is 0 Å². The molecule has 4 nitrogen and oxygen atoms in total. The molecule has 2 rings (SSSR count). The zero-order valence-corrected chi connectivity index (χ0v) is 9.99. The zero-order valence-electron chi connectivity index (χ0n) is 8.40. The van der Waals surface area contributed by atoms with Crippen LogP contribution in [0.25, 0.3) is 0 Å². The summed E-state index contributed by atoms with van der Waals surface area (Å²) >= 11 is 3.33. The van der Waals surface area contributed by atoms with Gasteiger partial charge < -0.3 is 14.8 Å². The minimum Gasteiger partial charge on any atom is -0.494 e. The van der Waals surface area contributed by atoms with Crippen LogP contribution in [0.3, 0.4) is 0 Å². The van der Waals surface area contributed by atoms with Gasteiger partial charge in [0.25, 0.3) is 5.91 Å². The summed E-state index contributed by atoms with van der Waals surface area (Å²) in [6, 6.07) is 7.33. The summed E-state index contributed by atoms with van der Waals surface area (Å²) in [4.78, 5) is 11.7. The molecule has 0 atom stereocenters. The van der Waals surface area contributed by atoms with Crippen molar-refractivity contribution in [3.05, 3.63) is 40.8 Å².